The summed E-state index contributed by atoms with van der Waals surface area (Å²) in [6.45, 7) is 7.58. The maximum absolute atomic E-state index is 13.7. The lowest BCUT2D eigenvalue weighted by atomic mass is 9.93. The molecule has 0 saturated carbocycles. The van der Waals surface area contributed by atoms with E-state index in [1.807, 2.05) is 67.8 Å². The van der Waals surface area contributed by atoms with Gasteiger partial charge in [0.05, 0.1) is 12.6 Å². The largest absolute Gasteiger partial charge is 0.379 e. The molecule has 33 heavy (non-hydrogen) atoms. The van der Waals surface area contributed by atoms with E-state index in [0.717, 1.165) is 16.5 Å². The number of fused-ring (bicyclic) bond motifs is 3. The van der Waals surface area contributed by atoms with Crippen LogP contribution >= 0.6 is 11.6 Å². The molecule has 0 fully saturated rings. The van der Waals surface area contributed by atoms with Crippen molar-refractivity contribution < 1.29 is 14.3 Å². The third-order valence-corrected chi connectivity index (χ3v) is 6.39. The van der Waals surface area contributed by atoms with E-state index in [1.165, 1.54) is 0 Å². The van der Waals surface area contributed by atoms with E-state index in [0.29, 0.717) is 43.4 Å². The SMILES string of the molecule is CC(C)OCCCNC(=O)C1(C)Cn2c(cc3ccccc32)C(=O)N1Cc1ccc(Cl)cc1. The molecule has 3 aromatic rings. The first kappa shape index (κ1) is 23.3. The zero-order valence-corrected chi connectivity index (χ0v) is 20.1. The first-order chi connectivity index (χ1) is 15.8. The molecule has 0 aliphatic carbocycles. The number of amides is 2. The van der Waals surface area contributed by atoms with Gasteiger partial charge in [-0.05, 0) is 57.0 Å². The fourth-order valence-electron chi connectivity index (χ4n) is 4.31. The highest BCUT2D eigenvalue weighted by atomic mass is 35.5. The molecule has 1 N–H and O–H groups in total. The summed E-state index contributed by atoms with van der Waals surface area (Å²) in [4.78, 5) is 28.9. The minimum atomic E-state index is -1.05. The van der Waals surface area contributed by atoms with Gasteiger partial charge in [0.1, 0.15) is 11.2 Å². The molecule has 2 amide bonds. The molecule has 0 saturated heterocycles. The molecular weight excluding hydrogens is 438 g/mol. The highest BCUT2D eigenvalue weighted by molar-refractivity contribution is 6.30. The number of para-hydroxylation sites is 1. The van der Waals surface area contributed by atoms with Crippen LogP contribution in [0.5, 0.6) is 0 Å². The van der Waals surface area contributed by atoms with Gasteiger partial charge in [-0.2, -0.15) is 0 Å². The summed E-state index contributed by atoms with van der Waals surface area (Å²) in [5.74, 6) is -0.328. The first-order valence-corrected chi connectivity index (χ1v) is 11.7. The van der Waals surface area contributed by atoms with Gasteiger partial charge in [-0.25, -0.2) is 0 Å². The molecule has 2 aromatic carbocycles. The lowest BCUT2D eigenvalue weighted by molar-refractivity contribution is -0.133. The third kappa shape index (κ3) is 4.77. The van der Waals surface area contributed by atoms with Crippen LogP contribution in [0.1, 0.15) is 43.2 Å². The van der Waals surface area contributed by atoms with Crippen LogP contribution in [0.4, 0.5) is 0 Å². The van der Waals surface area contributed by atoms with Gasteiger partial charge in [-0.1, -0.05) is 41.9 Å². The van der Waals surface area contributed by atoms with Gasteiger partial charge in [-0.15, -0.1) is 0 Å². The van der Waals surface area contributed by atoms with Crippen LogP contribution in [0.3, 0.4) is 0 Å². The van der Waals surface area contributed by atoms with Gasteiger partial charge < -0.3 is 19.5 Å². The molecule has 0 spiro atoms. The van der Waals surface area contributed by atoms with Crippen LogP contribution in [0.2, 0.25) is 5.02 Å². The number of hydrogen-bond donors (Lipinski definition) is 1. The van der Waals surface area contributed by atoms with E-state index in [4.69, 9.17) is 16.3 Å². The fraction of sp³-hybridized carbons (Fsp3) is 0.385. The molecular formula is C26H30ClN3O3. The van der Waals surface area contributed by atoms with Gasteiger partial charge in [0.25, 0.3) is 5.91 Å². The average molecular weight is 468 g/mol. The molecule has 4 rings (SSSR count). The minimum absolute atomic E-state index is 0.157. The topological polar surface area (TPSA) is 63.6 Å². The van der Waals surface area contributed by atoms with Crippen molar-refractivity contribution in [3.8, 4) is 0 Å². The lowest BCUT2D eigenvalue weighted by Gasteiger charge is -2.44. The standard InChI is InChI=1S/C26H30ClN3O3/c1-18(2)33-14-6-13-28-25(32)26(3)17-29-22-8-5-4-7-20(22)15-23(29)24(31)30(26)16-19-9-11-21(27)12-10-19/h4-5,7-12,15,18H,6,13-14,16-17H2,1-3H3,(H,28,32). The summed E-state index contributed by atoms with van der Waals surface area (Å²) in [5, 5.41) is 4.66. The van der Waals surface area contributed by atoms with E-state index < -0.39 is 5.54 Å². The van der Waals surface area contributed by atoms with E-state index in [1.54, 1.807) is 17.0 Å². The molecule has 0 bridgehead atoms. The molecule has 1 atom stereocenters. The summed E-state index contributed by atoms with van der Waals surface area (Å²) in [5.41, 5.74) is 1.42. The predicted molar refractivity (Wildman–Crippen MR) is 130 cm³/mol. The van der Waals surface area contributed by atoms with Gasteiger partial charge in [0.2, 0.25) is 5.91 Å². The fourth-order valence-corrected chi connectivity index (χ4v) is 4.44. The van der Waals surface area contributed by atoms with Crippen molar-refractivity contribution in [2.75, 3.05) is 13.2 Å². The van der Waals surface area contributed by atoms with E-state index in [9.17, 15) is 9.59 Å². The highest BCUT2D eigenvalue weighted by Gasteiger charge is 2.47. The summed E-state index contributed by atoms with van der Waals surface area (Å²) in [6.07, 6.45) is 0.868. The van der Waals surface area contributed by atoms with Crippen molar-refractivity contribution >= 4 is 34.3 Å². The summed E-state index contributed by atoms with van der Waals surface area (Å²) in [7, 11) is 0. The lowest BCUT2D eigenvalue weighted by Crippen LogP contribution is -2.63. The maximum Gasteiger partial charge on any atom is 0.271 e. The molecule has 1 unspecified atom stereocenters. The molecule has 1 aromatic heterocycles. The summed E-state index contributed by atoms with van der Waals surface area (Å²) >= 11 is 6.05. The number of nitrogens with one attached hydrogen (secondary N) is 1. The third-order valence-electron chi connectivity index (χ3n) is 6.14. The van der Waals surface area contributed by atoms with Crippen LogP contribution in [0.25, 0.3) is 10.9 Å². The molecule has 0 radical (unpaired) electrons. The van der Waals surface area contributed by atoms with Gasteiger partial charge in [0.15, 0.2) is 0 Å². The zero-order chi connectivity index (χ0) is 23.6. The van der Waals surface area contributed by atoms with Gasteiger partial charge in [0, 0.05) is 35.6 Å². The zero-order valence-electron chi connectivity index (χ0n) is 19.3. The van der Waals surface area contributed by atoms with Crippen LogP contribution in [0, 0.1) is 0 Å². The second-order valence-electron chi connectivity index (χ2n) is 9.00. The quantitative estimate of drug-likeness (QED) is 0.491. The molecule has 1 aliphatic rings. The Hall–Kier alpha value is -2.83. The van der Waals surface area contributed by atoms with Crippen LogP contribution in [-0.4, -0.2) is 46.1 Å². The number of ether oxygens (including phenoxy) is 1. The molecule has 7 heteroatoms. The Balaban J connectivity index is 1.64. The Morgan fingerprint density at radius 1 is 1.18 bits per heavy atom. The van der Waals surface area contributed by atoms with Crippen molar-refractivity contribution in [1.82, 2.24) is 14.8 Å². The molecule has 174 valence electrons. The Bertz CT molecular complexity index is 1160. The number of nitrogens with zero attached hydrogens (tertiary/aromatic N) is 2. The molecule has 1 aliphatic heterocycles. The Labute approximate surface area is 199 Å². The number of carbonyl (C=O) groups is 2. The second kappa shape index (κ2) is 9.57. The number of benzene rings is 2. The first-order valence-electron chi connectivity index (χ1n) is 11.3. The average Bonchev–Trinajstić information content (AvgIpc) is 3.16. The Morgan fingerprint density at radius 3 is 2.64 bits per heavy atom. The molecule has 6 nitrogen and oxygen atoms in total. The van der Waals surface area contributed by atoms with Gasteiger partial charge in [-0.3, -0.25) is 9.59 Å². The van der Waals surface area contributed by atoms with Crippen molar-refractivity contribution in [2.45, 2.75) is 51.9 Å². The number of aromatic nitrogens is 1. The Kier molecular flexibility index (Phi) is 6.77. The smallest absolute Gasteiger partial charge is 0.271 e. The maximum atomic E-state index is 13.7. The summed E-state index contributed by atoms with van der Waals surface area (Å²) < 4.78 is 7.54. The van der Waals surface area contributed by atoms with Crippen molar-refractivity contribution in [3.05, 3.63) is 70.9 Å². The Morgan fingerprint density at radius 2 is 1.91 bits per heavy atom. The summed E-state index contributed by atoms with van der Waals surface area (Å²) in [6, 6.07) is 17.2. The van der Waals surface area contributed by atoms with E-state index in [2.05, 4.69) is 5.32 Å². The molecule has 2 heterocycles. The number of halogens is 1. The van der Waals surface area contributed by atoms with Crippen LogP contribution in [0.15, 0.2) is 54.6 Å². The number of hydrogen-bond acceptors (Lipinski definition) is 3. The van der Waals surface area contributed by atoms with Crippen LogP contribution in [-0.2, 0) is 22.6 Å². The van der Waals surface area contributed by atoms with E-state index in [-0.39, 0.29) is 17.9 Å². The highest BCUT2D eigenvalue weighted by Crippen LogP contribution is 2.33. The normalized spacial score (nSPS) is 18.1. The van der Waals surface area contributed by atoms with Gasteiger partial charge >= 0.3 is 0 Å². The monoisotopic (exact) mass is 467 g/mol. The predicted octanol–water partition coefficient (Wildman–Crippen LogP) is 4.64. The minimum Gasteiger partial charge on any atom is -0.379 e. The number of carbonyl (C=O) groups excluding carboxylic acids is 2. The van der Waals surface area contributed by atoms with E-state index >= 15 is 0 Å². The van der Waals surface area contributed by atoms with Crippen molar-refractivity contribution in [2.24, 2.45) is 0 Å². The van der Waals surface area contributed by atoms with Crippen molar-refractivity contribution in [3.63, 3.8) is 0 Å². The number of rotatable bonds is 8. The van der Waals surface area contributed by atoms with Crippen LogP contribution < -0.4 is 5.32 Å². The van der Waals surface area contributed by atoms with Crippen molar-refractivity contribution in [1.29, 1.82) is 0 Å². The second-order valence-corrected chi connectivity index (χ2v) is 9.43.